The van der Waals surface area contributed by atoms with Gasteiger partial charge in [-0.3, -0.25) is 4.79 Å². The highest BCUT2D eigenvalue weighted by molar-refractivity contribution is 6.05. The molecule has 8 heteroatoms. The third-order valence-corrected chi connectivity index (χ3v) is 4.33. The number of anilines is 2. The van der Waals surface area contributed by atoms with Crippen LogP contribution in [0, 0.1) is 6.92 Å². The number of aryl methyl sites for hydroxylation is 1. The molecule has 0 atom stereocenters. The molecule has 0 radical (unpaired) electrons. The van der Waals surface area contributed by atoms with E-state index < -0.39 is 17.6 Å². The minimum Gasteiger partial charge on any atom is -0.341 e. The van der Waals surface area contributed by atoms with Gasteiger partial charge in [-0.1, -0.05) is 12.1 Å². The van der Waals surface area contributed by atoms with Crippen LogP contribution in [0.25, 0.3) is 0 Å². The number of carbonyl (C=O) groups excluding carboxylic acids is 1. The van der Waals surface area contributed by atoms with E-state index in [2.05, 4.69) is 20.2 Å². The molecule has 1 aliphatic rings. The molecule has 2 heterocycles. The summed E-state index contributed by atoms with van der Waals surface area (Å²) in [5.74, 6) is -0.112. The Morgan fingerprint density at radius 1 is 1.15 bits per heavy atom. The first-order valence-corrected chi connectivity index (χ1v) is 8.42. The number of carbonyl (C=O) groups is 1. The Morgan fingerprint density at radius 3 is 2.50 bits per heavy atom. The van der Waals surface area contributed by atoms with Gasteiger partial charge >= 0.3 is 6.18 Å². The minimum atomic E-state index is -4.55. The molecule has 1 amide bonds. The molecule has 0 unspecified atom stereocenters. The maximum Gasteiger partial charge on any atom is 0.418 e. The second kappa shape index (κ2) is 7.31. The number of halogens is 3. The number of piperidine rings is 1. The van der Waals surface area contributed by atoms with E-state index in [4.69, 9.17) is 0 Å². The number of nitrogens with one attached hydrogen (secondary N) is 1. The van der Waals surface area contributed by atoms with Crippen molar-refractivity contribution in [2.75, 3.05) is 23.3 Å². The quantitative estimate of drug-likeness (QED) is 0.893. The van der Waals surface area contributed by atoms with Gasteiger partial charge in [0, 0.05) is 19.3 Å². The van der Waals surface area contributed by atoms with Gasteiger partial charge in [0.05, 0.1) is 22.5 Å². The van der Waals surface area contributed by atoms with E-state index in [9.17, 15) is 18.0 Å². The molecule has 1 aromatic heterocycles. The molecular weight excluding hydrogens is 345 g/mol. The molecule has 138 valence electrons. The molecule has 0 aliphatic carbocycles. The lowest BCUT2D eigenvalue weighted by Gasteiger charge is -2.26. The molecule has 1 aliphatic heterocycles. The van der Waals surface area contributed by atoms with Crippen molar-refractivity contribution in [1.82, 2.24) is 9.97 Å². The van der Waals surface area contributed by atoms with Gasteiger partial charge < -0.3 is 10.2 Å². The number of para-hydroxylation sites is 1. The third-order valence-electron chi connectivity index (χ3n) is 4.33. The fourth-order valence-electron chi connectivity index (χ4n) is 2.95. The van der Waals surface area contributed by atoms with Crippen LogP contribution in [0.5, 0.6) is 0 Å². The van der Waals surface area contributed by atoms with Crippen molar-refractivity contribution in [2.24, 2.45) is 0 Å². The van der Waals surface area contributed by atoms with Crippen LogP contribution in [-0.2, 0) is 6.18 Å². The number of nitrogens with zero attached hydrogens (tertiary/aromatic N) is 3. The molecule has 26 heavy (non-hydrogen) atoms. The fourth-order valence-corrected chi connectivity index (χ4v) is 2.95. The topological polar surface area (TPSA) is 58.1 Å². The van der Waals surface area contributed by atoms with Gasteiger partial charge in [0.1, 0.15) is 0 Å². The lowest BCUT2D eigenvalue weighted by Crippen LogP contribution is -2.31. The van der Waals surface area contributed by atoms with Crippen molar-refractivity contribution in [3.05, 3.63) is 47.3 Å². The zero-order valence-electron chi connectivity index (χ0n) is 14.3. The van der Waals surface area contributed by atoms with E-state index in [1.807, 2.05) is 0 Å². The van der Waals surface area contributed by atoms with Gasteiger partial charge in [-0.15, -0.1) is 0 Å². The Balaban J connectivity index is 1.81. The maximum atomic E-state index is 13.1. The average molecular weight is 364 g/mol. The number of rotatable bonds is 3. The van der Waals surface area contributed by atoms with Crippen LogP contribution in [-0.4, -0.2) is 29.0 Å². The lowest BCUT2D eigenvalue weighted by molar-refractivity contribution is -0.136. The molecule has 3 rings (SSSR count). The maximum absolute atomic E-state index is 13.1. The van der Waals surface area contributed by atoms with Gasteiger partial charge in [0.15, 0.2) is 0 Å². The average Bonchev–Trinajstić information content (AvgIpc) is 2.62. The summed E-state index contributed by atoms with van der Waals surface area (Å²) in [6.07, 6.45) is 0.137. The lowest BCUT2D eigenvalue weighted by atomic mass is 10.1. The van der Waals surface area contributed by atoms with E-state index in [1.54, 1.807) is 6.92 Å². The van der Waals surface area contributed by atoms with Crippen LogP contribution >= 0.6 is 0 Å². The largest absolute Gasteiger partial charge is 0.418 e. The number of alkyl halides is 3. The van der Waals surface area contributed by atoms with Gasteiger partial charge in [-0.25, -0.2) is 9.97 Å². The van der Waals surface area contributed by atoms with E-state index in [0.29, 0.717) is 11.6 Å². The first kappa shape index (κ1) is 18.2. The second-order valence-electron chi connectivity index (χ2n) is 6.21. The van der Waals surface area contributed by atoms with Gasteiger partial charge in [-0.05, 0) is 38.3 Å². The van der Waals surface area contributed by atoms with Crippen molar-refractivity contribution in [1.29, 1.82) is 0 Å². The highest BCUT2D eigenvalue weighted by Gasteiger charge is 2.33. The van der Waals surface area contributed by atoms with Crippen molar-refractivity contribution in [3.8, 4) is 0 Å². The SMILES string of the molecule is Cc1nc(N2CCCCC2)ncc1C(=O)Nc1ccccc1C(F)(F)F. The molecule has 1 fully saturated rings. The summed E-state index contributed by atoms with van der Waals surface area (Å²) in [4.78, 5) is 23.1. The van der Waals surface area contributed by atoms with Crippen LogP contribution in [0.3, 0.4) is 0 Å². The normalized spacial score (nSPS) is 15.0. The summed E-state index contributed by atoms with van der Waals surface area (Å²) in [5.41, 5.74) is -0.591. The Hall–Kier alpha value is -2.64. The van der Waals surface area contributed by atoms with Crippen molar-refractivity contribution in [3.63, 3.8) is 0 Å². The standard InChI is InChI=1S/C18H19F3N4O/c1-12-13(11-22-17(23-12)25-9-5-2-6-10-25)16(26)24-15-8-4-3-7-14(15)18(19,20)21/h3-4,7-8,11H,2,5-6,9-10H2,1H3,(H,24,26). The van der Waals surface area contributed by atoms with Gasteiger partial charge in [0.2, 0.25) is 5.95 Å². The summed E-state index contributed by atoms with van der Waals surface area (Å²) in [6, 6.07) is 4.87. The Bertz CT molecular complexity index is 801. The van der Waals surface area contributed by atoms with Gasteiger partial charge in [0.25, 0.3) is 5.91 Å². The highest BCUT2D eigenvalue weighted by Crippen LogP contribution is 2.34. The predicted molar refractivity (Wildman–Crippen MR) is 92.2 cm³/mol. The van der Waals surface area contributed by atoms with Crippen LogP contribution in [0.15, 0.2) is 30.5 Å². The number of amides is 1. The summed E-state index contributed by atoms with van der Waals surface area (Å²) < 4.78 is 39.2. The summed E-state index contributed by atoms with van der Waals surface area (Å²) in [7, 11) is 0. The first-order chi connectivity index (χ1) is 12.4. The molecule has 1 saturated heterocycles. The van der Waals surface area contributed by atoms with Crippen LogP contribution in [0.4, 0.5) is 24.8 Å². The first-order valence-electron chi connectivity index (χ1n) is 8.42. The fraction of sp³-hybridized carbons (Fsp3) is 0.389. The van der Waals surface area contributed by atoms with E-state index in [1.165, 1.54) is 30.8 Å². The Kier molecular flexibility index (Phi) is 5.11. The molecule has 1 aromatic carbocycles. The number of aromatic nitrogens is 2. The third kappa shape index (κ3) is 3.95. The van der Waals surface area contributed by atoms with E-state index in [0.717, 1.165) is 32.0 Å². The molecule has 0 bridgehead atoms. The van der Waals surface area contributed by atoms with Crippen LogP contribution < -0.4 is 10.2 Å². The number of hydrogen-bond acceptors (Lipinski definition) is 4. The second-order valence-corrected chi connectivity index (χ2v) is 6.21. The summed E-state index contributed by atoms with van der Waals surface area (Å²) >= 11 is 0. The van der Waals surface area contributed by atoms with Gasteiger partial charge in [-0.2, -0.15) is 13.2 Å². The molecule has 1 N–H and O–H groups in total. The molecule has 5 nitrogen and oxygen atoms in total. The molecule has 0 saturated carbocycles. The van der Waals surface area contributed by atoms with Crippen molar-refractivity contribution in [2.45, 2.75) is 32.4 Å². The number of benzene rings is 1. The predicted octanol–water partition coefficient (Wildman–Crippen LogP) is 4.05. The van der Waals surface area contributed by atoms with Crippen LogP contribution in [0.2, 0.25) is 0 Å². The van der Waals surface area contributed by atoms with Crippen LogP contribution in [0.1, 0.15) is 40.9 Å². The monoisotopic (exact) mass is 364 g/mol. The van der Waals surface area contributed by atoms with Crippen molar-refractivity contribution < 1.29 is 18.0 Å². The zero-order valence-corrected chi connectivity index (χ0v) is 14.3. The molecule has 2 aromatic rings. The smallest absolute Gasteiger partial charge is 0.341 e. The summed E-state index contributed by atoms with van der Waals surface area (Å²) in [6.45, 7) is 3.38. The highest BCUT2D eigenvalue weighted by atomic mass is 19.4. The van der Waals surface area contributed by atoms with E-state index >= 15 is 0 Å². The Morgan fingerprint density at radius 2 is 1.85 bits per heavy atom. The minimum absolute atomic E-state index is 0.155. The van der Waals surface area contributed by atoms with Crippen molar-refractivity contribution >= 4 is 17.5 Å². The molecular formula is C18H19F3N4O. The number of hydrogen-bond donors (Lipinski definition) is 1. The van der Waals surface area contributed by atoms with E-state index in [-0.39, 0.29) is 11.3 Å². The Labute approximate surface area is 149 Å². The molecule has 0 spiro atoms. The summed E-state index contributed by atoms with van der Waals surface area (Å²) in [5, 5.41) is 2.32. The zero-order chi connectivity index (χ0) is 18.7.